The fourth-order valence-electron chi connectivity index (χ4n) is 1.69. The highest BCUT2D eigenvalue weighted by Gasteiger charge is 2.07. The quantitative estimate of drug-likeness (QED) is 0.813. The summed E-state index contributed by atoms with van der Waals surface area (Å²) in [5, 5.41) is 15.8. The molecule has 0 aromatic carbocycles. The average Bonchev–Trinajstić information content (AvgIpc) is 3.05. The molecule has 6 heteroatoms. The van der Waals surface area contributed by atoms with Crippen LogP contribution in [-0.2, 0) is 13.0 Å². The molecular formula is C13H20N4S2. The van der Waals surface area contributed by atoms with Crippen molar-refractivity contribution in [2.45, 2.75) is 26.3 Å². The summed E-state index contributed by atoms with van der Waals surface area (Å²) >= 11 is 3.47. The first kappa shape index (κ1) is 14.4. The highest BCUT2D eigenvalue weighted by molar-refractivity contribution is 7.15. The maximum Gasteiger partial charge on any atom is 0.205 e. The van der Waals surface area contributed by atoms with E-state index in [9.17, 15) is 0 Å². The molecule has 0 aliphatic heterocycles. The zero-order valence-corrected chi connectivity index (χ0v) is 13.1. The van der Waals surface area contributed by atoms with Crippen LogP contribution >= 0.6 is 22.7 Å². The summed E-state index contributed by atoms with van der Waals surface area (Å²) in [5.74, 6) is 0. The van der Waals surface area contributed by atoms with Crippen molar-refractivity contribution >= 4 is 27.8 Å². The summed E-state index contributed by atoms with van der Waals surface area (Å²) in [6.45, 7) is 5.03. The topological polar surface area (TPSA) is 41.1 Å². The highest BCUT2D eigenvalue weighted by Crippen LogP contribution is 2.17. The lowest BCUT2D eigenvalue weighted by molar-refractivity contribution is 0.330. The normalized spacial score (nSPS) is 11.1. The number of aromatic nitrogens is 2. The maximum atomic E-state index is 4.22. The van der Waals surface area contributed by atoms with E-state index in [4.69, 9.17) is 0 Å². The van der Waals surface area contributed by atoms with Crippen molar-refractivity contribution < 1.29 is 0 Å². The highest BCUT2D eigenvalue weighted by atomic mass is 32.1. The number of anilines is 1. The predicted octanol–water partition coefficient (Wildman–Crippen LogP) is 3.10. The van der Waals surface area contributed by atoms with E-state index in [1.54, 1.807) is 11.3 Å². The number of rotatable bonds is 8. The van der Waals surface area contributed by atoms with Crippen LogP contribution in [0.15, 0.2) is 17.5 Å². The molecule has 0 spiro atoms. The van der Waals surface area contributed by atoms with Crippen molar-refractivity contribution in [3.63, 3.8) is 0 Å². The Morgan fingerprint density at radius 2 is 2.26 bits per heavy atom. The second-order valence-electron chi connectivity index (χ2n) is 4.49. The van der Waals surface area contributed by atoms with Crippen LogP contribution in [0.5, 0.6) is 0 Å². The Labute approximate surface area is 122 Å². The van der Waals surface area contributed by atoms with Crippen LogP contribution in [0.4, 0.5) is 5.13 Å². The molecule has 2 rings (SSSR count). The van der Waals surface area contributed by atoms with Crippen molar-refractivity contribution in [1.82, 2.24) is 15.1 Å². The monoisotopic (exact) mass is 296 g/mol. The van der Waals surface area contributed by atoms with Gasteiger partial charge in [-0.15, -0.1) is 21.5 Å². The van der Waals surface area contributed by atoms with Crippen LogP contribution in [-0.4, -0.2) is 35.2 Å². The molecule has 0 aliphatic rings. The van der Waals surface area contributed by atoms with Gasteiger partial charge in [0, 0.05) is 18.0 Å². The van der Waals surface area contributed by atoms with Gasteiger partial charge >= 0.3 is 0 Å². The van der Waals surface area contributed by atoms with Crippen molar-refractivity contribution in [2.24, 2.45) is 0 Å². The third kappa shape index (κ3) is 4.89. The Morgan fingerprint density at radius 3 is 3.00 bits per heavy atom. The van der Waals surface area contributed by atoms with E-state index in [2.05, 4.69) is 51.9 Å². The van der Waals surface area contributed by atoms with Crippen LogP contribution in [0, 0.1) is 0 Å². The molecule has 0 saturated carbocycles. The Balaban J connectivity index is 1.75. The minimum absolute atomic E-state index is 0.872. The standard InChI is InChI=1S/C13H20N4S2/c1-3-7-14-13-16-15-12(19-13)10-17(2)8-6-11-5-4-9-18-11/h4-5,9H,3,6-8,10H2,1-2H3,(H,14,16). The fourth-order valence-corrected chi connectivity index (χ4v) is 3.23. The number of nitrogens with zero attached hydrogens (tertiary/aromatic N) is 3. The second-order valence-corrected chi connectivity index (χ2v) is 6.59. The summed E-state index contributed by atoms with van der Waals surface area (Å²) in [6.07, 6.45) is 2.21. The summed E-state index contributed by atoms with van der Waals surface area (Å²) in [6, 6.07) is 4.30. The van der Waals surface area contributed by atoms with E-state index in [1.807, 2.05) is 11.3 Å². The predicted molar refractivity (Wildman–Crippen MR) is 83.0 cm³/mol. The molecule has 2 heterocycles. The Kier molecular flexibility index (Phi) is 5.75. The Morgan fingerprint density at radius 1 is 1.37 bits per heavy atom. The second kappa shape index (κ2) is 7.57. The molecule has 4 nitrogen and oxygen atoms in total. The Hall–Kier alpha value is -0.980. The number of nitrogens with one attached hydrogen (secondary N) is 1. The first-order valence-corrected chi connectivity index (χ1v) is 8.24. The molecule has 0 saturated heterocycles. The zero-order valence-electron chi connectivity index (χ0n) is 11.4. The van der Waals surface area contributed by atoms with Gasteiger partial charge in [0.05, 0.1) is 6.54 Å². The molecule has 0 amide bonds. The van der Waals surface area contributed by atoms with Crippen molar-refractivity contribution in [3.8, 4) is 0 Å². The lowest BCUT2D eigenvalue weighted by Crippen LogP contribution is -2.20. The summed E-state index contributed by atoms with van der Waals surface area (Å²) < 4.78 is 0. The van der Waals surface area contributed by atoms with Gasteiger partial charge in [-0.05, 0) is 31.3 Å². The third-order valence-corrected chi connectivity index (χ3v) is 4.52. The summed E-state index contributed by atoms with van der Waals surface area (Å²) in [7, 11) is 2.13. The van der Waals surface area contributed by atoms with Crippen LogP contribution in [0.25, 0.3) is 0 Å². The smallest absolute Gasteiger partial charge is 0.205 e. The van der Waals surface area contributed by atoms with E-state index in [0.717, 1.165) is 42.6 Å². The average molecular weight is 296 g/mol. The van der Waals surface area contributed by atoms with Gasteiger partial charge in [-0.3, -0.25) is 4.90 Å². The largest absolute Gasteiger partial charge is 0.360 e. The molecule has 0 fully saturated rings. The molecule has 2 aromatic heterocycles. The van der Waals surface area contributed by atoms with Gasteiger partial charge in [-0.1, -0.05) is 24.3 Å². The molecule has 1 N–H and O–H groups in total. The molecular weight excluding hydrogens is 276 g/mol. The summed E-state index contributed by atoms with van der Waals surface area (Å²) in [5.41, 5.74) is 0. The van der Waals surface area contributed by atoms with Gasteiger partial charge < -0.3 is 5.32 Å². The van der Waals surface area contributed by atoms with Gasteiger partial charge in [0.1, 0.15) is 5.01 Å². The number of hydrogen-bond acceptors (Lipinski definition) is 6. The number of thiophene rings is 1. The summed E-state index contributed by atoms with van der Waals surface area (Å²) in [4.78, 5) is 3.73. The minimum Gasteiger partial charge on any atom is -0.360 e. The van der Waals surface area contributed by atoms with Crippen molar-refractivity contribution in [2.75, 3.05) is 25.5 Å². The van der Waals surface area contributed by atoms with Gasteiger partial charge in [0.2, 0.25) is 5.13 Å². The molecule has 104 valence electrons. The van der Waals surface area contributed by atoms with E-state index >= 15 is 0 Å². The van der Waals surface area contributed by atoms with E-state index < -0.39 is 0 Å². The SMILES string of the molecule is CCCNc1nnc(CN(C)CCc2cccs2)s1. The molecule has 0 unspecified atom stereocenters. The lowest BCUT2D eigenvalue weighted by Gasteiger charge is -2.13. The van der Waals surface area contributed by atoms with E-state index in [-0.39, 0.29) is 0 Å². The molecule has 0 aliphatic carbocycles. The molecule has 0 atom stereocenters. The minimum atomic E-state index is 0.872. The zero-order chi connectivity index (χ0) is 13.5. The third-order valence-electron chi connectivity index (χ3n) is 2.72. The van der Waals surface area contributed by atoms with Gasteiger partial charge in [-0.2, -0.15) is 0 Å². The number of hydrogen-bond donors (Lipinski definition) is 1. The first-order chi connectivity index (χ1) is 9.28. The van der Waals surface area contributed by atoms with Gasteiger partial charge in [0.25, 0.3) is 0 Å². The van der Waals surface area contributed by atoms with Crippen LogP contribution < -0.4 is 5.32 Å². The van der Waals surface area contributed by atoms with Crippen LogP contribution in [0.3, 0.4) is 0 Å². The number of likely N-dealkylation sites (N-methyl/N-ethyl adjacent to an activating group) is 1. The Bertz CT molecular complexity index is 467. The lowest BCUT2D eigenvalue weighted by atomic mass is 10.3. The molecule has 19 heavy (non-hydrogen) atoms. The van der Waals surface area contributed by atoms with E-state index in [1.165, 1.54) is 4.88 Å². The molecule has 2 aromatic rings. The van der Waals surface area contributed by atoms with Crippen molar-refractivity contribution in [3.05, 3.63) is 27.4 Å². The maximum absolute atomic E-state index is 4.22. The molecule has 0 bridgehead atoms. The van der Waals surface area contributed by atoms with Gasteiger partial charge in [-0.25, -0.2) is 0 Å². The van der Waals surface area contributed by atoms with Crippen LogP contribution in [0.2, 0.25) is 0 Å². The van der Waals surface area contributed by atoms with Gasteiger partial charge in [0.15, 0.2) is 0 Å². The fraction of sp³-hybridized carbons (Fsp3) is 0.538. The molecule has 0 radical (unpaired) electrons. The van der Waals surface area contributed by atoms with Crippen molar-refractivity contribution in [1.29, 1.82) is 0 Å². The first-order valence-electron chi connectivity index (χ1n) is 6.55. The van der Waals surface area contributed by atoms with E-state index in [0.29, 0.717) is 0 Å². The van der Waals surface area contributed by atoms with Crippen LogP contribution in [0.1, 0.15) is 23.2 Å².